The molecule has 0 atom stereocenters. The minimum Gasteiger partial charge on any atom is -0.312 e. The summed E-state index contributed by atoms with van der Waals surface area (Å²) in [6.45, 7) is 4.16. The van der Waals surface area contributed by atoms with Crippen molar-refractivity contribution < 1.29 is 0 Å². The molecule has 2 N–H and O–H groups in total. The van der Waals surface area contributed by atoms with Crippen molar-refractivity contribution in [2.75, 3.05) is 0 Å². The second-order valence-corrected chi connectivity index (χ2v) is 3.89. The quantitative estimate of drug-likeness (QED) is 0.635. The van der Waals surface area contributed by atoms with Crippen LogP contribution in [0.4, 0.5) is 0 Å². The summed E-state index contributed by atoms with van der Waals surface area (Å²) in [6, 6.07) is 0. The van der Waals surface area contributed by atoms with Crippen LogP contribution in [0.1, 0.15) is 13.8 Å². The van der Waals surface area contributed by atoms with Crippen LogP contribution in [-0.4, -0.2) is 15.2 Å². The van der Waals surface area contributed by atoms with Gasteiger partial charge in [0, 0.05) is 11.4 Å². The number of H-pyrrole nitrogens is 2. The van der Waals surface area contributed by atoms with Crippen molar-refractivity contribution in [3.05, 3.63) is 16.7 Å². The van der Waals surface area contributed by atoms with Crippen LogP contribution in [0.25, 0.3) is 0 Å². The van der Waals surface area contributed by atoms with Crippen LogP contribution in [-0.2, 0) is 0 Å². The Kier molecular flexibility index (Phi) is 2.21. The molecule has 4 heteroatoms. The minimum atomic E-state index is -0.136. The highest BCUT2D eigenvalue weighted by atomic mass is 32.2. The van der Waals surface area contributed by atoms with Gasteiger partial charge in [0.1, 0.15) is 0 Å². The third kappa shape index (κ3) is 1.95. The van der Waals surface area contributed by atoms with Gasteiger partial charge in [0.05, 0.1) is 5.03 Å². The van der Waals surface area contributed by atoms with E-state index in [0.717, 1.165) is 5.03 Å². The topological polar surface area (TPSA) is 48.6 Å². The summed E-state index contributed by atoms with van der Waals surface area (Å²) < 4.78 is 0. The van der Waals surface area contributed by atoms with Crippen LogP contribution >= 0.6 is 11.8 Å². The van der Waals surface area contributed by atoms with Gasteiger partial charge in [-0.15, -0.1) is 11.8 Å². The lowest BCUT2D eigenvalue weighted by atomic mass is 10.6. The van der Waals surface area contributed by atoms with E-state index in [9.17, 15) is 4.79 Å². The summed E-state index contributed by atoms with van der Waals surface area (Å²) in [4.78, 5) is 15.7. The Morgan fingerprint density at radius 2 is 2.30 bits per heavy atom. The number of hydrogen-bond acceptors (Lipinski definition) is 2. The number of hydrogen-bond donors (Lipinski definition) is 2. The third-order valence-corrected chi connectivity index (χ3v) is 1.88. The van der Waals surface area contributed by atoms with E-state index in [2.05, 4.69) is 23.8 Å². The Morgan fingerprint density at radius 3 is 2.70 bits per heavy atom. The molecule has 0 aliphatic heterocycles. The fourth-order valence-electron chi connectivity index (χ4n) is 0.633. The molecular formula is C6H10N2OS. The van der Waals surface area contributed by atoms with E-state index < -0.39 is 0 Å². The molecule has 0 radical (unpaired) electrons. The molecule has 0 amide bonds. The number of aromatic amines is 2. The van der Waals surface area contributed by atoms with Crippen LogP contribution < -0.4 is 5.69 Å². The predicted molar refractivity (Wildman–Crippen MR) is 42.4 cm³/mol. The van der Waals surface area contributed by atoms with Crippen molar-refractivity contribution in [2.24, 2.45) is 0 Å². The van der Waals surface area contributed by atoms with Gasteiger partial charge in [-0.2, -0.15) is 0 Å². The summed E-state index contributed by atoms with van der Waals surface area (Å²) in [5.41, 5.74) is -0.136. The van der Waals surface area contributed by atoms with Crippen molar-refractivity contribution in [3.63, 3.8) is 0 Å². The highest BCUT2D eigenvalue weighted by Crippen LogP contribution is 2.17. The highest BCUT2D eigenvalue weighted by molar-refractivity contribution is 7.99. The molecule has 0 saturated heterocycles. The maximum absolute atomic E-state index is 10.5. The molecule has 56 valence electrons. The fraction of sp³-hybridized carbons (Fsp3) is 0.500. The van der Waals surface area contributed by atoms with Gasteiger partial charge in [0.15, 0.2) is 0 Å². The molecule has 0 aliphatic carbocycles. The Balaban J connectivity index is 2.67. The van der Waals surface area contributed by atoms with E-state index in [-0.39, 0.29) is 5.69 Å². The first-order chi connectivity index (χ1) is 4.68. The van der Waals surface area contributed by atoms with Gasteiger partial charge in [-0.1, -0.05) is 13.8 Å². The molecule has 0 unspecified atom stereocenters. The first kappa shape index (κ1) is 7.47. The van der Waals surface area contributed by atoms with Crippen LogP contribution in [0.15, 0.2) is 16.0 Å². The minimum absolute atomic E-state index is 0.136. The van der Waals surface area contributed by atoms with E-state index in [0.29, 0.717) is 5.25 Å². The normalized spacial score (nSPS) is 10.7. The van der Waals surface area contributed by atoms with Crippen molar-refractivity contribution in [3.8, 4) is 0 Å². The zero-order valence-electron chi connectivity index (χ0n) is 5.97. The summed E-state index contributed by atoms with van der Waals surface area (Å²) >= 11 is 1.63. The average molecular weight is 158 g/mol. The molecule has 10 heavy (non-hydrogen) atoms. The Morgan fingerprint density at radius 1 is 1.60 bits per heavy atom. The zero-order valence-corrected chi connectivity index (χ0v) is 6.79. The highest BCUT2D eigenvalue weighted by Gasteiger charge is 1.98. The second-order valence-electron chi connectivity index (χ2n) is 2.27. The molecule has 1 aromatic heterocycles. The number of rotatable bonds is 2. The molecule has 0 spiro atoms. The number of imidazole rings is 1. The summed E-state index contributed by atoms with van der Waals surface area (Å²) in [7, 11) is 0. The standard InChI is InChI=1S/C6H10N2OS/c1-4(2)10-5-3-7-6(9)8-5/h3-4H,1-2H3,(H2,7,8,9). The van der Waals surface area contributed by atoms with Crippen LogP contribution in [0, 0.1) is 0 Å². The lowest BCUT2D eigenvalue weighted by molar-refractivity contribution is 1.08. The largest absolute Gasteiger partial charge is 0.323 e. The summed E-state index contributed by atoms with van der Waals surface area (Å²) in [5.74, 6) is 0. The lowest BCUT2D eigenvalue weighted by Crippen LogP contribution is -2.00. The van der Waals surface area contributed by atoms with E-state index >= 15 is 0 Å². The molecule has 0 aliphatic rings. The van der Waals surface area contributed by atoms with Crippen molar-refractivity contribution >= 4 is 11.8 Å². The third-order valence-electron chi connectivity index (χ3n) is 0.934. The van der Waals surface area contributed by atoms with E-state index in [1.54, 1.807) is 18.0 Å². The first-order valence-corrected chi connectivity index (χ1v) is 4.01. The SMILES string of the molecule is CC(C)Sc1c[nH]c(=O)[nH]1. The Labute approximate surface area is 63.2 Å². The molecular weight excluding hydrogens is 148 g/mol. The molecule has 1 rings (SSSR count). The molecule has 1 aromatic rings. The average Bonchev–Trinajstić information content (AvgIpc) is 2.13. The van der Waals surface area contributed by atoms with Crippen LogP contribution in [0.3, 0.4) is 0 Å². The van der Waals surface area contributed by atoms with Crippen LogP contribution in [0.5, 0.6) is 0 Å². The summed E-state index contributed by atoms with van der Waals surface area (Å²) in [5, 5.41) is 1.41. The lowest BCUT2D eigenvalue weighted by Gasteiger charge is -1.98. The first-order valence-electron chi connectivity index (χ1n) is 3.13. The molecule has 1 heterocycles. The van der Waals surface area contributed by atoms with Gasteiger partial charge in [-0.05, 0) is 0 Å². The second kappa shape index (κ2) is 2.96. The van der Waals surface area contributed by atoms with E-state index in [4.69, 9.17) is 0 Å². The monoisotopic (exact) mass is 158 g/mol. The van der Waals surface area contributed by atoms with Gasteiger partial charge in [-0.25, -0.2) is 4.79 Å². The van der Waals surface area contributed by atoms with E-state index in [1.807, 2.05) is 0 Å². The number of nitrogens with one attached hydrogen (secondary N) is 2. The Bertz CT molecular complexity index is 250. The van der Waals surface area contributed by atoms with Gasteiger partial charge < -0.3 is 9.97 Å². The maximum Gasteiger partial charge on any atom is 0.323 e. The number of aromatic nitrogens is 2. The van der Waals surface area contributed by atoms with Crippen molar-refractivity contribution in [1.82, 2.24) is 9.97 Å². The zero-order chi connectivity index (χ0) is 7.56. The molecule has 3 nitrogen and oxygen atoms in total. The van der Waals surface area contributed by atoms with Crippen molar-refractivity contribution in [2.45, 2.75) is 24.1 Å². The van der Waals surface area contributed by atoms with Crippen LogP contribution in [0.2, 0.25) is 0 Å². The smallest absolute Gasteiger partial charge is 0.312 e. The molecule has 0 saturated carbocycles. The predicted octanol–water partition coefficient (Wildman–Crippen LogP) is 1.20. The fourth-order valence-corrected chi connectivity index (χ4v) is 1.42. The van der Waals surface area contributed by atoms with E-state index in [1.165, 1.54) is 0 Å². The van der Waals surface area contributed by atoms with Crippen molar-refractivity contribution in [1.29, 1.82) is 0 Å². The van der Waals surface area contributed by atoms with Gasteiger partial charge in [0.2, 0.25) is 0 Å². The number of thioether (sulfide) groups is 1. The summed E-state index contributed by atoms with van der Waals surface area (Å²) in [6.07, 6.45) is 1.69. The molecule has 0 aromatic carbocycles. The Hall–Kier alpha value is -0.640. The maximum atomic E-state index is 10.5. The van der Waals surface area contributed by atoms with Gasteiger partial charge in [0.25, 0.3) is 0 Å². The van der Waals surface area contributed by atoms with Gasteiger partial charge in [-0.3, -0.25) is 0 Å². The van der Waals surface area contributed by atoms with Gasteiger partial charge >= 0.3 is 5.69 Å². The molecule has 0 fully saturated rings. The molecule has 0 bridgehead atoms.